The molecule has 3 aromatic rings. The van der Waals surface area contributed by atoms with Gasteiger partial charge in [0.15, 0.2) is 0 Å². The number of carbonyl (C=O) groups excluding carboxylic acids is 1. The zero-order chi connectivity index (χ0) is 23.1. The number of aromatic nitrogens is 3. The normalized spacial score (nSPS) is 10.7. The molecule has 3 rings (SSSR count). The van der Waals surface area contributed by atoms with Crippen LogP contribution in [0.1, 0.15) is 28.0 Å². The summed E-state index contributed by atoms with van der Waals surface area (Å²) in [6.07, 6.45) is 0.581. The number of amides is 1. The van der Waals surface area contributed by atoms with Crippen molar-refractivity contribution in [3.63, 3.8) is 0 Å². The molecule has 0 aliphatic rings. The summed E-state index contributed by atoms with van der Waals surface area (Å²) >= 11 is 0. The first kappa shape index (κ1) is 23.0. The fourth-order valence-corrected chi connectivity index (χ4v) is 3.15. The molecule has 0 aliphatic carbocycles. The molecule has 0 saturated carbocycles. The standard InChI is InChI=1S/C23H26N4O5/c1-16-7-4-5-8-17(16)15-26-22(29)20(21(28)24-13-6-14-31-2)25-27(23(26)30)18-9-11-19(32-3)12-10-18/h4-5,7-12H,6,13-15H2,1-3H3,(H,24,28). The summed E-state index contributed by atoms with van der Waals surface area (Å²) in [5.74, 6) is -0.0435. The second-order valence-corrected chi connectivity index (χ2v) is 7.16. The summed E-state index contributed by atoms with van der Waals surface area (Å²) in [7, 11) is 3.10. The molecule has 0 radical (unpaired) electrons. The molecule has 0 fully saturated rings. The Morgan fingerprint density at radius 3 is 2.44 bits per heavy atom. The molecule has 168 valence electrons. The highest BCUT2D eigenvalue weighted by Gasteiger charge is 2.20. The summed E-state index contributed by atoms with van der Waals surface area (Å²) in [4.78, 5) is 39.1. The average molecular weight is 438 g/mol. The van der Waals surface area contributed by atoms with E-state index in [0.29, 0.717) is 31.0 Å². The van der Waals surface area contributed by atoms with Gasteiger partial charge in [-0.15, -0.1) is 0 Å². The Kier molecular flexibility index (Phi) is 7.56. The van der Waals surface area contributed by atoms with Gasteiger partial charge in [0.2, 0.25) is 5.69 Å². The Bertz CT molecular complexity index is 1200. The van der Waals surface area contributed by atoms with Crippen molar-refractivity contribution in [2.45, 2.75) is 19.9 Å². The summed E-state index contributed by atoms with van der Waals surface area (Å²) in [5.41, 5.74) is 0.392. The van der Waals surface area contributed by atoms with Gasteiger partial charge in [-0.05, 0) is 48.7 Å². The van der Waals surface area contributed by atoms with Gasteiger partial charge in [0.1, 0.15) is 5.75 Å². The monoisotopic (exact) mass is 438 g/mol. The van der Waals surface area contributed by atoms with E-state index in [9.17, 15) is 14.4 Å². The molecule has 1 aromatic heterocycles. The van der Waals surface area contributed by atoms with Crippen LogP contribution in [0.5, 0.6) is 5.75 Å². The molecular weight excluding hydrogens is 412 g/mol. The van der Waals surface area contributed by atoms with Gasteiger partial charge < -0.3 is 14.8 Å². The Hall–Kier alpha value is -3.72. The summed E-state index contributed by atoms with van der Waals surface area (Å²) in [6.45, 7) is 2.70. The number of nitrogens with one attached hydrogen (secondary N) is 1. The highest BCUT2D eigenvalue weighted by molar-refractivity contribution is 5.91. The van der Waals surface area contributed by atoms with Crippen LogP contribution in [0.4, 0.5) is 0 Å². The number of rotatable bonds is 9. The van der Waals surface area contributed by atoms with Gasteiger partial charge in [0, 0.05) is 20.3 Å². The van der Waals surface area contributed by atoms with Crippen LogP contribution in [-0.2, 0) is 11.3 Å². The maximum Gasteiger partial charge on any atom is 0.352 e. The molecule has 1 amide bonds. The molecule has 0 unspecified atom stereocenters. The Morgan fingerprint density at radius 2 is 1.78 bits per heavy atom. The van der Waals surface area contributed by atoms with E-state index < -0.39 is 17.2 Å². The molecule has 0 aliphatic heterocycles. The lowest BCUT2D eigenvalue weighted by Gasteiger charge is -2.13. The van der Waals surface area contributed by atoms with Crippen LogP contribution in [0.25, 0.3) is 5.69 Å². The maximum atomic E-state index is 13.2. The van der Waals surface area contributed by atoms with Gasteiger partial charge in [-0.2, -0.15) is 9.78 Å². The van der Waals surface area contributed by atoms with Crippen LogP contribution in [-0.4, -0.2) is 47.6 Å². The van der Waals surface area contributed by atoms with Gasteiger partial charge >= 0.3 is 5.69 Å². The number of aryl methyl sites for hydroxylation is 1. The van der Waals surface area contributed by atoms with E-state index in [0.717, 1.165) is 20.4 Å². The van der Waals surface area contributed by atoms with E-state index in [1.807, 2.05) is 31.2 Å². The lowest BCUT2D eigenvalue weighted by atomic mass is 10.1. The van der Waals surface area contributed by atoms with Crippen LogP contribution in [0, 0.1) is 6.92 Å². The molecule has 9 heteroatoms. The summed E-state index contributed by atoms with van der Waals surface area (Å²) in [5, 5.41) is 6.77. The lowest BCUT2D eigenvalue weighted by Crippen LogP contribution is -2.46. The van der Waals surface area contributed by atoms with E-state index in [1.165, 1.54) is 7.11 Å². The average Bonchev–Trinajstić information content (AvgIpc) is 2.81. The first-order valence-corrected chi connectivity index (χ1v) is 10.2. The quantitative estimate of drug-likeness (QED) is 0.508. The fourth-order valence-electron chi connectivity index (χ4n) is 3.15. The number of hydrogen-bond acceptors (Lipinski definition) is 6. The highest BCUT2D eigenvalue weighted by atomic mass is 16.5. The predicted molar refractivity (Wildman–Crippen MR) is 120 cm³/mol. The number of methoxy groups -OCH3 is 2. The minimum atomic E-state index is -0.743. The zero-order valence-corrected chi connectivity index (χ0v) is 18.3. The van der Waals surface area contributed by atoms with Crippen LogP contribution in [0.3, 0.4) is 0 Å². The zero-order valence-electron chi connectivity index (χ0n) is 18.3. The van der Waals surface area contributed by atoms with Gasteiger partial charge in [-0.1, -0.05) is 24.3 Å². The van der Waals surface area contributed by atoms with Crippen LogP contribution in [0.2, 0.25) is 0 Å². The van der Waals surface area contributed by atoms with Crippen molar-refractivity contribution >= 4 is 5.91 Å². The number of hydrogen-bond donors (Lipinski definition) is 1. The number of nitrogens with zero attached hydrogens (tertiary/aromatic N) is 3. The third kappa shape index (κ3) is 5.12. The maximum absolute atomic E-state index is 13.2. The number of benzene rings is 2. The van der Waals surface area contributed by atoms with Crippen molar-refractivity contribution < 1.29 is 14.3 Å². The third-order valence-electron chi connectivity index (χ3n) is 4.99. The van der Waals surface area contributed by atoms with Crippen molar-refractivity contribution in [2.75, 3.05) is 27.4 Å². The van der Waals surface area contributed by atoms with Crippen LogP contribution < -0.4 is 21.3 Å². The van der Waals surface area contributed by atoms with Crippen molar-refractivity contribution in [2.24, 2.45) is 0 Å². The van der Waals surface area contributed by atoms with E-state index >= 15 is 0 Å². The third-order valence-corrected chi connectivity index (χ3v) is 4.99. The Morgan fingerprint density at radius 1 is 1.06 bits per heavy atom. The minimum absolute atomic E-state index is 0.0208. The smallest absolute Gasteiger partial charge is 0.352 e. The molecule has 9 nitrogen and oxygen atoms in total. The van der Waals surface area contributed by atoms with Gasteiger partial charge in [-0.3, -0.25) is 14.2 Å². The molecule has 32 heavy (non-hydrogen) atoms. The molecular formula is C23H26N4O5. The molecule has 1 N–H and O–H groups in total. The van der Waals surface area contributed by atoms with Crippen LogP contribution >= 0.6 is 0 Å². The topological polar surface area (TPSA) is 104 Å². The fraction of sp³-hybridized carbons (Fsp3) is 0.304. The summed E-state index contributed by atoms with van der Waals surface area (Å²) in [6, 6.07) is 14.1. The molecule has 0 atom stereocenters. The SMILES string of the molecule is COCCCNC(=O)c1nn(-c2ccc(OC)cc2)c(=O)n(Cc2ccccc2C)c1=O. The van der Waals surface area contributed by atoms with Crippen molar-refractivity contribution in [1.29, 1.82) is 0 Å². The molecule has 0 bridgehead atoms. The molecule has 2 aromatic carbocycles. The van der Waals surface area contributed by atoms with E-state index in [-0.39, 0.29) is 12.2 Å². The molecule has 0 spiro atoms. The van der Waals surface area contributed by atoms with E-state index in [2.05, 4.69) is 10.4 Å². The van der Waals surface area contributed by atoms with Gasteiger partial charge in [-0.25, -0.2) is 4.79 Å². The largest absolute Gasteiger partial charge is 0.497 e. The molecule has 0 saturated heterocycles. The minimum Gasteiger partial charge on any atom is -0.497 e. The number of ether oxygens (including phenoxy) is 2. The lowest BCUT2D eigenvalue weighted by molar-refractivity contribution is 0.0938. The van der Waals surface area contributed by atoms with Crippen LogP contribution in [0.15, 0.2) is 58.1 Å². The molecule has 1 heterocycles. The second kappa shape index (κ2) is 10.5. The second-order valence-electron chi connectivity index (χ2n) is 7.16. The highest BCUT2D eigenvalue weighted by Crippen LogP contribution is 2.13. The summed E-state index contributed by atoms with van der Waals surface area (Å²) < 4.78 is 12.2. The Labute approximate surface area is 185 Å². The van der Waals surface area contributed by atoms with Gasteiger partial charge in [0.05, 0.1) is 19.3 Å². The van der Waals surface area contributed by atoms with Crippen molar-refractivity contribution in [3.8, 4) is 11.4 Å². The Balaban J connectivity index is 2.09. The van der Waals surface area contributed by atoms with E-state index in [4.69, 9.17) is 9.47 Å². The van der Waals surface area contributed by atoms with Gasteiger partial charge in [0.25, 0.3) is 11.5 Å². The van der Waals surface area contributed by atoms with E-state index in [1.54, 1.807) is 31.4 Å². The number of carbonyl (C=O) groups is 1. The van der Waals surface area contributed by atoms with Crippen molar-refractivity contribution in [3.05, 3.63) is 86.2 Å². The predicted octanol–water partition coefficient (Wildman–Crippen LogP) is 1.53. The first-order chi connectivity index (χ1) is 15.5. The first-order valence-electron chi connectivity index (χ1n) is 10.2. The van der Waals surface area contributed by atoms with Crippen molar-refractivity contribution in [1.82, 2.24) is 19.7 Å².